The van der Waals surface area contributed by atoms with E-state index in [2.05, 4.69) is 31.1 Å². The van der Waals surface area contributed by atoms with Crippen LogP contribution in [0.25, 0.3) is 0 Å². The van der Waals surface area contributed by atoms with Crippen molar-refractivity contribution < 1.29 is 9.59 Å². The second-order valence-electron chi connectivity index (χ2n) is 8.07. The molecule has 27 heavy (non-hydrogen) atoms. The van der Waals surface area contributed by atoms with Crippen LogP contribution in [0, 0.1) is 6.92 Å². The van der Waals surface area contributed by atoms with Crippen molar-refractivity contribution in [1.82, 2.24) is 9.88 Å². The van der Waals surface area contributed by atoms with Crippen molar-refractivity contribution in [2.75, 3.05) is 18.4 Å². The van der Waals surface area contributed by atoms with Crippen LogP contribution < -0.4 is 5.32 Å². The van der Waals surface area contributed by atoms with Gasteiger partial charge in [0.1, 0.15) is 4.88 Å². The highest BCUT2D eigenvalue weighted by Gasteiger charge is 2.23. The third kappa shape index (κ3) is 4.56. The maximum Gasteiger partial charge on any atom is 0.265 e. The number of nitrogens with one attached hydrogen (secondary N) is 1. The Bertz CT molecular complexity index is 828. The van der Waals surface area contributed by atoms with Crippen LogP contribution in [0.15, 0.2) is 24.3 Å². The number of nitrogens with zero attached hydrogens (tertiary/aromatic N) is 2. The van der Waals surface area contributed by atoms with Crippen molar-refractivity contribution in [3.63, 3.8) is 0 Å². The first-order valence-electron chi connectivity index (χ1n) is 9.44. The van der Waals surface area contributed by atoms with Crippen LogP contribution in [-0.2, 0) is 5.41 Å². The first kappa shape index (κ1) is 19.5. The van der Waals surface area contributed by atoms with Crippen molar-refractivity contribution in [2.45, 2.75) is 52.4 Å². The first-order valence-corrected chi connectivity index (χ1v) is 10.3. The average Bonchev–Trinajstić information content (AvgIpc) is 3.01. The zero-order chi connectivity index (χ0) is 19.6. The summed E-state index contributed by atoms with van der Waals surface area (Å²) in [6, 6.07) is 7.62. The maximum atomic E-state index is 12.7. The number of anilines is 1. The molecule has 1 aromatic heterocycles. The normalized spacial score (nSPS) is 14.9. The Balaban J connectivity index is 1.70. The highest BCUT2D eigenvalue weighted by Crippen LogP contribution is 2.26. The smallest absolute Gasteiger partial charge is 0.265 e. The minimum atomic E-state index is -0.207. The van der Waals surface area contributed by atoms with Gasteiger partial charge in [-0.05, 0) is 49.3 Å². The molecule has 1 aromatic carbocycles. The number of piperidine rings is 1. The maximum absolute atomic E-state index is 12.7. The fourth-order valence-corrected chi connectivity index (χ4v) is 4.11. The number of carbonyl (C=O) groups is 2. The average molecular weight is 386 g/mol. The van der Waals surface area contributed by atoms with Crippen LogP contribution in [0.3, 0.4) is 0 Å². The molecule has 1 aliphatic heterocycles. The Morgan fingerprint density at radius 3 is 2.30 bits per heavy atom. The largest absolute Gasteiger partial charge is 0.338 e. The summed E-state index contributed by atoms with van der Waals surface area (Å²) in [5.74, 6) is -0.180. The number of amides is 2. The van der Waals surface area contributed by atoms with Crippen LogP contribution >= 0.6 is 11.3 Å². The Hall–Kier alpha value is -2.21. The van der Waals surface area contributed by atoms with Gasteiger partial charge in [0.2, 0.25) is 0 Å². The van der Waals surface area contributed by atoms with E-state index in [9.17, 15) is 9.59 Å². The van der Waals surface area contributed by atoms with Gasteiger partial charge in [0, 0.05) is 18.7 Å². The van der Waals surface area contributed by atoms with Crippen LogP contribution in [0.4, 0.5) is 5.13 Å². The lowest BCUT2D eigenvalue weighted by Gasteiger charge is -2.26. The summed E-state index contributed by atoms with van der Waals surface area (Å²) in [4.78, 5) is 32.1. The number of likely N-dealkylation sites (tertiary alicyclic amines) is 1. The van der Waals surface area contributed by atoms with Crippen LogP contribution in [0.1, 0.15) is 71.3 Å². The van der Waals surface area contributed by atoms with Crippen molar-refractivity contribution in [1.29, 1.82) is 0 Å². The van der Waals surface area contributed by atoms with E-state index in [1.807, 2.05) is 36.1 Å². The first-order chi connectivity index (χ1) is 12.8. The second-order valence-corrected chi connectivity index (χ2v) is 9.07. The standard InChI is InChI=1S/C21H27N3O2S/c1-14-17(19(26)24-12-6-5-7-13-24)27-20(22-14)23-18(25)15-8-10-16(11-9-15)21(2,3)4/h8-11H,5-7,12-13H2,1-4H3,(H,22,23,25). The molecule has 0 aliphatic carbocycles. The van der Waals surface area contributed by atoms with Crippen LogP contribution in [0.5, 0.6) is 0 Å². The van der Waals surface area contributed by atoms with Gasteiger partial charge in [-0.2, -0.15) is 0 Å². The fraction of sp³-hybridized carbons (Fsp3) is 0.476. The van der Waals surface area contributed by atoms with Gasteiger partial charge in [-0.1, -0.05) is 44.2 Å². The molecule has 0 saturated carbocycles. The van der Waals surface area contributed by atoms with Gasteiger partial charge in [0.15, 0.2) is 5.13 Å². The molecule has 0 bridgehead atoms. The number of carbonyl (C=O) groups excluding carboxylic acids is 2. The lowest BCUT2D eigenvalue weighted by Crippen LogP contribution is -2.35. The van der Waals surface area contributed by atoms with Crippen molar-refractivity contribution in [2.24, 2.45) is 0 Å². The molecule has 3 rings (SSSR count). The van der Waals surface area contributed by atoms with E-state index in [0.717, 1.165) is 25.9 Å². The number of hydrogen-bond donors (Lipinski definition) is 1. The molecule has 6 heteroatoms. The topological polar surface area (TPSA) is 62.3 Å². The monoisotopic (exact) mass is 385 g/mol. The van der Waals surface area contributed by atoms with Crippen molar-refractivity contribution >= 4 is 28.3 Å². The van der Waals surface area contributed by atoms with Crippen molar-refractivity contribution in [3.05, 3.63) is 46.0 Å². The predicted octanol–water partition coefficient (Wildman–Crippen LogP) is 4.63. The molecular weight excluding hydrogens is 358 g/mol. The van der Waals surface area contributed by atoms with E-state index in [4.69, 9.17) is 0 Å². The third-order valence-corrected chi connectivity index (χ3v) is 5.93. The minimum Gasteiger partial charge on any atom is -0.338 e. The predicted molar refractivity (Wildman–Crippen MR) is 110 cm³/mol. The molecule has 5 nitrogen and oxygen atoms in total. The summed E-state index contributed by atoms with van der Waals surface area (Å²) in [7, 11) is 0. The van der Waals surface area contributed by atoms with Gasteiger partial charge in [0.25, 0.3) is 11.8 Å². The fourth-order valence-electron chi connectivity index (χ4n) is 3.18. The van der Waals surface area contributed by atoms with E-state index < -0.39 is 0 Å². The number of hydrogen-bond acceptors (Lipinski definition) is 4. The molecule has 1 saturated heterocycles. The zero-order valence-electron chi connectivity index (χ0n) is 16.5. The summed E-state index contributed by atoms with van der Waals surface area (Å²) >= 11 is 1.26. The Labute approximate surface area is 164 Å². The summed E-state index contributed by atoms with van der Waals surface area (Å²) < 4.78 is 0. The number of benzene rings is 1. The van der Waals surface area contributed by atoms with Crippen LogP contribution in [0.2, 0.25) is 0 Å². The lowest BCUT2D eigenvalue weighted by molar-refractivity contribution is 0.0728. The molecule has 2 amide bonds. The Morgan fingerprint density at radius 2 is 1.70 bits per heavy atom. The number of aromatic nitrogens is 1. The van der Waals surface area contributed by atoms with Gasteiger partial charge in [-0.15, -0.1) is 0 Å². The van der Waals surface area contributed by atoms with E-state index in [1.54, 1.807) is 0 Å². The van der Waals surface area contributed by atoms with Gasteiger partial charge < -0.3 is 4.90 Å². The lowest BCUT2D eigenvalue weighted by atomic mass is 9.87. The molecular formula is C21H27N3O2S. The zero-order valence-corrected chi connectivity index (χ0v) is 17.3. The van der Waals surface area contributed by atoms with Crippen LogP contribution in [-0.4, -0.2) is 34.8 Å². The van der Waals surface area contributed by atoms with E-state index in [-0.39, 0.29) is 17.2 Å². The molecule has 2 heterocycles. The molecule has 1 fully saturated rings. The number of aryl methyl sites for hydroxylation is 1. The molecule has 2 aromatic rings. The minimum absolute atomic E-state index is 0.0275. The number of thiazole rings is 1. The molecule has 1 N–H and O–H groups in total. The van der Waals surface area contributed by atoms with Gasteiger partial charge in [-0.3, -0.25) is 14.9 Å². The molecule has 0 unspecified atom stereocenters. The van der Waals surface area contributed by atoms with Crippen molar-refractivity contribution in [3.8, 4) is 0 Å². The molecule has 0 spiro atoms. The van der Waals surface area contributed by atoms with Gasteiger partial charge in [0.05, 0.1) is 5.69 Å². The Kier molecular flexibility index (Phi) is 5.65. The summed E-state index contributed by atoms with van der Waals surface area (Å²) in [5.41, 5.74) is 2.48. The quantitative estimate of drug-likeness (QED) is 0.838. The highest BCUT2D eigenvalue weighted by molar-refractivity contribution is 7.17. The summed E-state index contributed by atoms with van der Waals surface area (Å²) in [6.07, 6.45) is 3.29. The molecule has 0 atom stereocenters. The van der Waals surface area contributed by atoms with E-state index in [0.29, 0.717) is 21.3 Å². The second kappa shape index (κ2) is 7.80. The van der Waals surface area contributed by atoms with E-state index >= 15 is 0 Å². The highest BCUT2D eigenvalue weighted by atomic mass is 32.1. The molecule has 0 radical (unpaired) electrons. The summed E-state index contributed by atoms with van der Waals surface area (Å²) in [5, 5.41) is 3.30. The third-order valence-electron chi connectivity index (χ3n) is 4.87. The van der Waals surface area contributed by atoms with Gasteiger partial charge >= 0.3 is 0 Å². The molecule has 144 valence electrons. The SMILES string of the molecule is Cc1nc(NC(=O)c2ccc(C(C)(C)C)cc2)sc1C(=O)N1CCCCC1. The Morgan fingerprint density at radius 1 is 1.07 bits per heavy atom. The molecule has 1 aliphatic rings. The van der Waals surface area contributed by atoms with E-state index in [1.165, 1.54) is 23.3 Å². The van der Waals surface area contributed by atoms with Gasteiger partial charge in [-0.25, -0.2) is 4.98 Å². The summed E-state index contributed by atoms with van der Waals surface area (Å²) in [6.45, 7) is 9.85. The number of rotatable bonds is 3.